The van der Waals surface area contributed by atoms with E-state index in [-0.39, 0.29) is 5.91 Å². The summed E-state index contributed by atoms with van der Waals surface area (Å²) in [6.07, 6.45) is 8.26. The number of fused-ring (bicyclic) bond motifs is 1. The number of nitrogens with zero attached hydrogens (tertiary/aromatic N) is 5. The van der Waals surface area contributed by atoms with Crippen LogP contribution >= 0.6 is 15.9 Å². The first-order chi connectivity index (χ1) is 14.0. The highest BCUT2D eigenvalue weighted by Crippen LogP contribution is 2.29. The minimum Gasteiger partial charge on any atom is -0.324 e. The molecule has 0 spiro atoms. The summed E-state index contributed by atoms with van der Waals surface area (Å²) < 4.78 is 2.12. The van der Waals surface area contributed by atoms with E-state index in [1.807, 2.05) is 18.2 Å². The van der Waals surface area contributed by atoms with Gasteiger partial charge in [0.1, 0.15) is 11.9 Å². The molecule has 1 aromatic carbocycles. The van der Waals surface area contributed by atoms with Gasteiger partial charge in [-0.2, -0.15) is 9.78 Å². The average molecular weight is 455 g/mol. The number of hydrogen-bond donors (Lipinski definition) is 1. The molecule has 1 aliphatic rings. The maximum Gasteiger partial charge on any atom is 0.342 e. The van der Waals surface area contributed by atoms with Crippen LogP contribution in [0.5, 0.6) is 0 Å². The van der Waals surface area contributed by atoms with Gasteiger partial charge in [-0.1, -0.05) is 22.0 Å². The second kappa shape index (κ2) is 8.12. The molecule has 1 unspecified atom stereocenters. The summed E-state index contributed by atoms with van der Waals surface area (Å²) in [4.78, 5) is 35.5. The number of benzene rings is 1. The number of hydrogen-bond acceptors (Lipinski definition) is 5. The molecule has 2 aromatic heterocycles. The van der Waals surface area contributed by atoms with Gasteiger partial charge in [-0.3, -0.25) is 4.79 Å². The Labute approximate surface area is 176 Å². The summed E-state index contributed by atoms with van der Waals surface area (Å²) in [6, 6.07) is 6.56. The lowest BCUT2D eigenvalue weighted by molar-refractivity contribution is -0.120. The average Bonchev–Trinajstić information content (AvgIpc) is 3.16. The van der Waals surface area contributed by atoms with Crippen LogP contribution in [0.3, 0.4) is 0 Å². The van der Waals surface area contributed by atoms with Crippen LogP contribution in [-0.2, 0) is 17.6 Å². The van der Waals surface area contributed by atoms with Gasteiger partial charge in [-0.15, -0.1) is 0 Å². The van der Waals surface area contributed by atoms with Crippen LogP contribution in [0.2, 0.25) is 0 Å². The van der Waals surface area contributed by atoms with Gasteiger partial charge in [0.2, 0.25) is 5.91 Å². The van der Waals surface area contributed by atoms with E-state index in [9.17, 15) is 9.59 Å². The molecule has 8 nitrogen and oxygen atoms in total. The third-order valence-electron chi connectivity index (χ3n) is 4.86. The van der Waals surface area contributed by atoms with Gasteiger partial charge < -0.3 is 10.2 Å². The normalized spacial score (nSPS) is 16.3. The molecule has 3 heterocycles. The third-order valence-corrected chi connectivity index (χ3v) is 5.36. The minimum absolute atomic E-state index is 0.153. The first-order valence-corrected chi connectivity index (χ1v) is 9.97. The first kappa shape index (κ1) is 19.3. The molecule has 0 radical (unpaired) electrons. The first-order valence-electron chi connectivity index (χ1n) is 9.17. The molecule has 1 aliphatic heterocycles. The van der Waals surface area contributed by atoms with E-state index in [1.165, 1.54) is 4.68 Å². The number of halogens is 1. The number of amides is 2. The van der Waals surface area contributed by atoms with Gasteiger partial charge in [-0.25, -0.2) is 14.8 Å². The molecule has 0 saturated heterocycles. The Hall–Kier alpha value is -3.07. The highest BCUT2D eigenvalue weighted by atomic mass is 79.9. The minimum atomic E-state index is -0.621. The molecule has 0 saturated carbocycles. The van der Waals surface area contributed by atoms with E-state index in [1.54, 1.807) is 42.8 Å². The van der Waals surface area contributed by atoms with Gasteiger partial charge in [0.15, 0.2) is 0 Å². The van der Waals surface area contributed by atoms with Crippen molar-refractivity contribution in [1.29, 1.82) is 0 Å². The summed E-state index contributed by atoms with van der Waals surface area (Å²) >= 11 is 3.45. The Morgan fingerprint density at radius 2 is 2.10 bits per heavy atom. The number of nitrogens with one attached hydrogen (secondary N) is 1. The maximum absolute atomic E-state index is 12.9. The molecule has 0 aliphatic carbocycles. The summed E-state index contributed by atoms with van der Waals surface area (Å²) in [5, 5.41) is 6.92. The zero-order valence-corrected chi connectivity index (χ0v) is 17.3. The standard InChI is InChI=1S/C20H19BrN6O2/c1-26-17-10-15(21)5-3-14(17)4-6-16(19(26)28)25-20(29)27-12-13(11-24-27)9-18-22-7-2-8-23-18/h2-3,5,7-8,10-12,16H,4,6,9H2,1H3,(H,25,29). The van der Waals surface area contributed by atoms with E-state index in [2.05, 4.69) is 36.3 Å². The van der Waals surface area contributed by atoms with Crippen LogP contribution < -0.4 is 10.2 Å². The van der Waals surface area contributed by atoms with Crippen molar-refractivity contribution in [1.82, 2.24) is 25.1 Å². The number of rotatable bonds is 3. The van der Waals surface area contributed by atoms with Crippen molar-refractivity contribution in [3.63, 3.8) is 0 Å². The Kier molecular flexibility index (Phi) is 5.39. The van der Waals surface area contributed by atoms with Crippen molar-refractivity contribution in [2.75, 3.05) is 11.9 Å². The van der Waals surface area contributed by atoms with E-state index in [0.29, 0.717) is 25.1 Å². The fourth-order valence-corrected chi connectivity index (χ4v) is 3.70. The lowest BCUT2D eigenvalue weighted by atomic mass is 10.1. The van der Waals surface area contributed by atoms with Crippen molar-refractivity contribution in [2.45, 2.75) is 25.3 Å². The van der Waals surface area contributed by atoms with Crippen molar-refractivity contribution in [3.8, 4) is 0 Å². The van der Waals surface area contributed by atoms with Crippen molar-refractivity contribution in [2.24, 2.45) is 0 Å². The van der Waals surface area contributed by atoms with Crippen molar-refractivity contribution >= 4 is 33.6 Å². The quantitative estimate of drug-likeness (QED) is 0.656. The molecule has 29 heavy (non-hydrogen) atoms. The predicted octanol–water partition coefficient (Wildman–Crippen LogP) is 2.56. The summed E-state index contributed by atoms with van der Waals surface area (Å²) in [6.45, 7) is 0. The molecular weight excluding hydrogens is 436 g/mol. The summed E-state index contributed by atoms with van der Waals surface area (Å²) in [7, 11) is 1.73. The van der Waals surface area contributed by atoms with Crippen LogP contribution in [0.1, 0.15) is 23.4 Å². The van der Waals surface area contributed by atoms with E-state index in [4.69, 9.17) is 0 Å². The van der Waals surface area contributed by atoms with Crippen LogP contribution in [0, 0.1) is 0 Å². The van der Waals surface area contributed by atoms with Crippen LogP contribution in [0.4, 0.5) is 10.5 Å². The molecule has 0 fully saturated rings. The highest BCUT2D eigenvalue weighted by molar-refractivity contribution is 9.10. The smallest absolute Gasteiger partial charge is 0.324 e. The Balaban J connectivity index is 1.45. The number of aryl methyl sites for hydroxylation is 1. The number of likely N-dealkylation sites (N-methyl/N-ethyl adjacent to an activating group) is 1. The number of carbonyl (C=O) groups excluding carboxylic acids is 2. The zero-order valence-electron chi connectivity index (χ0n) is 15.7. The monoisotopic (exact) mass is 454 g/mol. The van der Waals surface area contributed by atoms with Gasteiger partial charge in [0.05, 0.1) is 6.20 Å². The van der Waals surface area contributed by atoms with E-state index < -0.39 is 12.1 Å². The SMILES string of the molecule is CN1C(=O)C(NC(=O)n2cc(Cc3ncccn3)cn2)CCc2ccc(Br)cc21. The van der Waals surface area contributed by atoms with Crippen LogP contribution in [0.15, 0.2) is 53.5 Å². The fourth-order valence-electron chi connectivity index (χ4n) is 3.35. The van der Waals surface area contributed by atoms with Crippen molar-refractivity contribution < 1.29 is 9.59 Å². The van der Waals surface area contributed by atoms with Gasteiger partial charge in [0.25, 0.3) is 0 Å². The zero-order chi connectivity index (χ0) is 20.4. The molecule has 148 valence electrons. The van der Waals surface area contributed by atoms with E-state index in [0.717, 1.165) is 21.3 Å². The molecule has 9 heteroatoms. The van der Waals surface area contributed by atoms with Crippen LogP contribution in [0.25, 0.3) is 0 Å². The van der Waals surface area contributed by atoms with Gasteiger partial charge in [0, 0.05) is 42.2 Å². The molecular formula is C20H19BrN6O2. The number of anilines is 1. The van der Waals surface area contributed by atoms with Crippen molar-refractivity contribution in [3.05, 3.63) is 70.5 Å². The maximum atomic E-state index is 12.9. The predicted molar refractivity (Wildman–Crippen MR) is 111 cm³/mol. The van der Waals surface area contributed by atoms with Gasteiger partial charge >= 0.3 is 6.03 Å². The molecule has 1 atom stereocenters. The summed E-state index contributed by atoms with van der Waals surface area (Å²) in [5.41, 5.74) is 2.74. The highest BCUT2D eigenvalue weighted by Gasteiger charge is 2.29. The fraction of sp³-hybridized carbons (Fsp3) is 0.250. The number of aromatic nitrogens is 4. The molecule has 3 aromatic rings. The molecule has 2 amide bonds. The Morgan fingerprint density at radius 3 is 2.90 bits per heavy atom. The largest absolute Gasteiger partial charge is 0.342 e. The van der Waals surface area contributed by atoms with Gasteiger partial charge in [-0.05, 0) is 42.2 Å². The summed E-state index contributed by atoms with van der Waals surface area (Å²) in [5.74, 6) is 0.497. The topological polar surface area (TPSA) is 93.0 Å². The number of carbonyl (C=O) groups is 2. The van der Waals surface area contributed by atoms with Crippen LogP contribution in [-0.4, -0.2) is 44.8 Å². The second-order valence-electron chi connectivity index (χ2n) is 6.85. The Bertz CT molecular complexity index is 1050. The van der Waals surface area contributed by atoms with E-state index >= 15 is 0 Å². The lowest BCUT2D eigenvalue weighted by Crippen LogP contribution is -2.48. The second-order valence-corrected chi connectivity index (χ2v) is 7.76. The molecule has 4 rings (SSSR count). The Morgan fingerprint density at radius 1 is 1.31 bits per heavy atom. The molecule has 0 bridgehead atoms. The molecule has 1 N–H and O–H groups in total. The lowest BCUT2D eigenvalue weighted by Gasteiger charge is -2.22. The third kappa shape index (κ3) is 4.19.